The average Bonchev–Trinajstić information content (AvgIpc) is 3.31. The second-order valence-electron chi connectivity index (χ2n) is 10.3. The van der Waals surface area contributed by atoms with Gasteiger partial charge in [-0.15, -0.1) is 0 Å². The summed E-state index contributed by atoms with van der Waals surface area (Å²) in [5.41, 5.74) is 6.23. The van der Waals surface area contributed by atoms with Crippen molar-refractivity contribution < 1.29 is 17.9 Å². The highest BCUT2D eigenvalue weighted by Crippen LogP contribution is 2.33. The van der Waals surface area contributed by atoms with Gasteiger partial charge in [0.15, 0.2) is 0 Å². The van der Waals surface area contributed by atoms with Crippen LogP contribution in [0, 0.1) is 0 Å². The number of methoxy groups -OCH3 is 1. The predicted octanol–water partition coefficient (Wildman–Crippen LogP) is 4.04. The van der Waals surface area contributed by atoms with E-state index in [1.807, 2.05) is 24.3 Å². The molecule has 210 valence electrons. The Hall–Kier alpha value is -2.43. The summed E-state index contributed by atoms with van der Waals surface area (Å²) in [6, 6.07) is 14.1. The van der Waals surface area contributed by atoms with Crippen LogP contribution >= 0.6 is 11.6 Å². The molecule has 10 heteroatoms. The largest absolute Gasteiger partial charge is 0.497 e. The van der Waals surface area contributed by atoms with Gasteiger partial charge in [0.1, 0.15) is 5.75 Å². The van der Waals surface area contributed by atoms with Crippen LogP contribution in [0.1, 0.15) is 28.8 Å². The summed E-state index contributed by atoms with van der Waals surface area (Å²) in [4.78, 5) is 2.43. The molecule has 0 amide bonds. The van der Waals surface area contributed by atoms with Crippen LogP contribution in [-0.4, -0.2) is 80.2 Å². The van der Waals surface area contributed by atoms with Crippen LogP contribution in [0.3, 0.4) is 0 Å². The number of hydrogen-bond donors (Lipinski definition) is 0. The van der Waals surface area contributed by atoms with Crippen LogP contribution < -0.4 is 4.74 Å². The molecule has 1 fully saturated rings. The van der Waals surface area contributed by atoms with E-state index < -0.39 is 10.0 Å². The summed E-state index contributed by atoms with van der Waals surface area (Å²) >= 11 is 6.62. The van der Waals surface area contributed by atoms with Gasteiger partial charge in [-0.3, -0.25) is 9.58 Å². The zero-order chi connectivity index (χ0) is 27.4. The molecule has 0 spiro atoms. The van der Waals surface area contributed by atoms with E-state index in [1.165, 1.54) is 11.8 Å². The van der Waals surface area contributed by atoms with Crippen molar-refractivity contribution in [2.24, 2.45) is 0 Å². The van der Waals surface area contributed by atoms with E-state index >= 15 is 0 Å². The van der Waals surface area contributed by atoms with Gasteiger partial charge in [-0.25, -0.2) is 8.42 Å². The molecule has 8 nitrogen and oxygen atoms in total. The summed E-state index contributed by atoms with van der Waals surface area (Å²) in [5.74, 6) is 0.840. The number of sulfonamides is 1. The molecule has 0 radical (unpaired) electrons. The molecule has 0 atom stereocenters. The predicted molar refractivity (Wildman–Crippen MR) is 154 cm³/mol. The number of hydrogen-bond acceptors (Lipinski definition) is 6. The van der Waals surface area contributed by atoms with Crippen LogP contribution in [0.5, 0.6) is 5.75 Å². The number of aryl methyl sites for hydroxylation is 3. The van der Waals surface area contributed by atoms with Gasteiger partial charge in [0.05, 0.1) is 32.3 Å². The molecule has 0 saturated carbocycles. The van der Waals surface area contributed by atoms with E-state index in [2.05, 4.69) is 27.8 Å². The third kappa shape index (κ3) is 6.84. The van der Waals surface area contributed by atoms with Crippen molar-refractivity contribution in [1.29, 1.82) is 0 Å². The number of benzene rings is 2. The van der Waals surface area contributed by atoms with E-state index in [-0.39, 0.29) is 0 Å². The Morgan fingerprint density at radius 1 is 1.03 bits per heavy atom. The molecule has 0 unspecified atom stereocenters. The van der Waals surface area contributed by atoms with Crippen molar-refractivity contribution in [1.82, 2.24) is 19.0 Å². The van der Waals surface area contributed by atoms with Gasteiger partial charge in [-0.1, -0.05) is 29.8 Å². The first-order chi connectivity index (χ1) is 18.8. The van der Waals surface area contributed by atoms with Crippen LogP contribution in [0.4, 0.5) is 0 Å². The van der Waals surface area contributed by atoms with E-state index in [0.29, 0.717) is 19.5 Å². The maximum atomic E-state index is 12.4. The fourth-order valence-electron chi connectivity index (χ4n) is 5.42. The zero-order valence-electron chi connectivity index (χ0n) is 22.7. The van der Waals surface area contributed by atoms with Crippen molar-refractivity contribution in [2.45, 2.75) is 38.8 Å². The van der Waals surface area contributed by atoms with Crippen LogP contribution in [0.15, 0.2) is 42.5 Å². The minimum Gasteiger partial charge on any atom is -0.497 e. The first-order valence-electron chi connectivity index (χ1n) is 13.6. The third-order valence-electron chi connectivity index (χ3n) is 7.68. The normalized spacial score (nSPS) is 16.8. The smallest absolute Gasteiger partial charge is 0.211 e. The van der Waals surface area contributed by atoms with Crippen LogP contribution in [-0.2, 0) is 47.1 Å². The average molecular weight is 573 g/mol. The fourth-order valence-corrected chi connectivity index (χ4v) is 6.42. The Morgan fingerprint density at radius 2 is 1.79 bits per heavy atom. The summed E-state index contributed by atoms with van der Waals surface area (Å²) < 4.78 is 39.2. The molecule has 0 N–H and O–H groups in total. The Balaban J connectivity index is 1.39. The summed E-state index contributed by atoms with van der Waals surface area (Å²) in [6.45, 7) is 6.15. The summed E-state index contributed by atoms with van der Waals surface area (Å²) in [5, 5.41) is 5.79. The van der Waals surface area contributed by atoms with Gasteiger partial charge in [0.2, 0.25) is 10.0 Å². The van der Waals surface area contributed by atoms with Crippen molar-refractivity contribution in [3.8, 4) is 17.0 Å². The lowest BCUT2D eigenvalue weighted by Crippen LogP contribution is -2.37. The molecule has 1 saturated heterocycles. The number of rotatable bonds is 10. The monoisotopic (exact) mass is 572 g/mol. The van der Waals surface area contributed by atoms with Gasteiger partial charge >= 0.3 is 0 Å². The SMILES string of the molecule is COc1ccc(CCc2cc(-c3nn(CCCN4CCOCC4)c4c3CN(S(C)(=O)=O)CC4)ccc2Cl)cc1. The molecular formula is C29H37ClN4O4S. The van der Waals surface area contributed by atoms with Crippen molar-refractivity contribution in [3.05, 3.63) is 69.9 Å². The fraction of sp³-hybridized carbons (Fsp3) is 0.483. The van der Waals surface area contributed by atoms with E-state index in [4.69, 9.17) is 26.2 Å². The molecular weight excluding hydrogens is 536 g/mol. The molecule has 3 aromatic rings. The van der Waals surface area contributed by atoms with E-state index in [1.54, 1.807) is 11.4 Å². The summed E-state index contributed by atoms with van der Waals surface area (Å²) in [6.07, 6.45) is 4.56. The van der Waals surface area contributed by atoms with Gasteiger partial charge in [0, 0.05) is 67.5 Å². The van der Waals surface area contributed by atoms with Crippen molar-refractivity contribution in [2.75, 3.05) is 52.8 Å². The first kappa shape index (κ1) is 28.1. The number of morpholine rings is 1. The second-order valence-corrected chi connectivity index (χ2v) is 12.7. The number of ether oxygens (including phenoxy) is 2. The lowest BCUT2D eigenvalue weighted by molar-refractivity contribution is 0.0368. The molecule has 3 heterocycles. The number of aromatic nitrogens is 2. The van der Waals surface area contributed by atoms with Crippen molar-refractivity contribution in [3.63, 3.8) is 0 Å². The first-order valence-corrected chi connectivity index (χ1v) is 15.8. The maximum absolute atomic E-state index is 12.4. The molecule has 2 aliphatic heterocycles. The molecule has 5 rings (SSSR count). The minimum atomic E-state index is -3.30. The molecule has 39 heavy (non-hydrogen) atoms. The zero-order valence-corrected chi connectivity index (χ0v) is 24.3. The standard InChI is InChI=1S/C29H37ClN4O4S/c1-37-25-9-5-22(6-10-25)4-7-23-20-24(8-11-27(23)30)29-26-21-33(39(2,35)36)15-12-28(26)34(31-29)14-3-13-32-16-18-38-19-17-32/h5-6,8-11,20H,3-4,7,12-19,21H2,1-2H3. The van der Waals surface area contributed by atoms with Gasteiger partial charge in [-0.2, -0.15) is 9.40 Å². The highest BCUT2D eigenvalue weighted by molar-refractivity contribution is 7.88. The van der Waals surface area contributed by atoms with Gasteiger partial charge in [-0.05, 0) is 54.7 Å². The molecule has 0 bridgehead atoms. The second kappa shape index (κ2) is 12.4. The number of halogens is 1. The third-order valence-corrected chi connectivity index (χ3v) is 9.30. The molecule has 1 aromatic heterocycles. The van der Waals surface area contributed by atoms with E-state index in [9.17, 15) is 8.42 Å². The Labute approximate surface area is 236 Å². The number of fused-ring (bicyclic) bond motifs is 1. The van der Waals surface area contributed by atoms with Gasteiger partial charge < -0.3 is 9.47 Å². The van der Waals surface area contributed by atoms with Crippen molar-refractivity contribution >= 4 is 21.6 Å². The highest BCUT2D eigenvalue weighted by Gasteiger charge is 2.30. The summed E-state index contributed by atoms with van der Waals surface area (Å²) in [7, 11) is -1.63. The highest BCUT2D eigenvalue weighted by atomic mass is 35.5. The molecule has 0 aliphatic carbocycles. The lowest BCUT2D eigenvalue weighted by atomic mass is 9.98. The van der Waals surface area contributed by atoms with Crippen LogP contribution in [0.2, 0.25) is 5.02 Å². The topological polar surface area (TPSA) is 76.9 Å². The molecule has 2 aromatic carbocycles. The Kier molecular flexibility index (Phi) is 8.93. The Bertz CT molecular complexity index is 1390. The van der Waals surface area contributed by atoms with Gasteiger partial charge in [0.25, 0.3) is 0 Å². The maximum Gasteiger partial charge on any atom is 0.211 e. The Morgan fingerprint density at radius 3 is 2.51 bits per heavy atom. The van der Waals surface area contributed by atoms with E-state index in [0.717, 1.165) is 97.5 Å². The lowest BCUT2D eigenvalue weighted by Gasteiger charge is -2.27. The molecule has 2 aliphatic rings. The number of nitrogens with zero attached hydrogens (tertiary/aromatic N) is 4. The van der Waals surface area contributed by atoms with Crippen LogP contribution in [0.25, 0.3) is 11.3 Å². The minimum absolute atomic E-state index is 0.344. The quantitative estimate of drug-likeness (QED) is 0.365.